The molecule has 0 atom stereocenters. The molecule has 1 aromatic heterocycles. The van der Waals surface area contributed by atoms with E-state index in [0.29, 0.717) is 35.4 Å². The third-order valence-electron chi connectivity index (χ3n) is 6.24. The highest BCUT2D eigenvalue weighted by Gasteiger charge is 2.16. The fraction of sp³-hybridized carbons (Fsp3) is 0.241. The summed E-state index contributed by atoms with van der Waals surface area (Å²) in [5.41, 5.74) is 3.77. The van der Waals surface area contributed by atoms with Crippen molar-refractivity contribution in [3.63, 3.8) is 0 Å². The maximum Gasteiger partial charge on any atom is 0.254 e. The number of amides is 1. The number of carbonyl (C=O) groups is 1. The van der Waals surface area contributed by atoms with Gasteiger partial charge in [-0.15, -0.1) is 0 Å². The van der Waals surface area contributed by atoms with Gasteiger partial charge in [0.05, 0.1) is 26.8 Å². The number of methoxy groups -OCH3 is 3. The molecular formula is C29H30N2O5. The van der Waals surface area contributed by atoms with E-state index in [0.717, 1.165) is 28.0 Å². The first-order chi connectivity index (χ1) is 17.4. The number of benzene rings is 3. The lowest BCUT2D eigenvalue weighted by Gasteiger charge is -2.16. The first-order valence-electron chi connectivity index (χ1n) is 11.7. The van der Waals surface area contributed by atoms with Crippen LogP contribution in [0.2, 0.25) is 0 Å². The number of fused-ring (bicyclic) bond motifs is 1. The molecule has 1 N–H and O–H groups in total. The van der Waals surface area contributed by atoms with Gasteiger partial charge in [-0.1, -0.05) is 30.3 Å². The monoisotopic (exact) mass is 486 g/mol. The van der Waals surface area contributed by atoms with Crippen LogP contribution in [0.3, 0.4) is 0 Å². The van der Waals surface area contributed by atoms with Crippen LogP contribution in [-0.4, -0.2) is 31.8 Å². The van der Waals surface area contributed by atoms with Crippen LogP contribution in [-0.2, 0) is 24.2 Å². The lowest BCUT2D eigenvalue weighted by Crippen LogP contribution is -2.30. The number of carbonyl (C=O) groups excluding carboxylic acids is 1. The van der Waals surface area contributed by atoms with Crippen LogP contribution >= 0.6 is 0 Å². The largest absolute Gasteiger partial charge is 0.497 e. The molecule has 0 radical (unpaired) electrons. The fourth-order valence-corrected chi connectivity index (χ4v) is 4.22. The van der Waals surface area contributed by atoms with Gasteiger partial charge in [0.25, 0.3) is 5.56 Å². The van der Waals surface area contributed by atoms with Crippen LogP contribution in [0.1, 0.15) is 16.7 Å². The highest BCUT2D eigenvalue weighted by atomic mass is 16.5. The number of rotatable bonds is 9. The Hall–Kier alpha value is -4.26. The van der Waals surface area contributed by atoms with Crippen LogP contribution in [0.5, 0.6) is 17.2 Å². The Balaban J connectivity index is 1.72. The van der Waals surface area contributed by atoms with Crippen molar-refractivity contribution in [2.75, 3.05) is 26.6 Å². The topological polar surface area (TPSA) is 78.8 Å². The van der Waals surface area contributed by atoms with Gasteiger partial charge in [0.15, 0.2) is 11.5 Å². The normalized spacial score (nSPS) is 10.8. The molecule has 3 aromatic carbocycles. The molecule has 4 rings (SSSR count). The molecule has 0 fully saturated rings. The Kier molecular flexibility index (Phi) is 7.59. The summed E-state index contributed by atoms with van der Waals surface area (Å²) in [5, 5.41) is 3.72. The van der Waals surface area contributed by atoms with E-state index >= 15 is 0 Å². The highest BCUT2D eigenvalue weighted by Crippen LogP contribution is 2.32. The zero-order valence-corrected chi connectivity index (χ0v) is 21.0. The summed E-state index contributed by atoms with van der Waals surface area (Å²) in [7, 11) is 4.74. The van der Waals surface area contributed by atoms with Crippen molar-refractivity contribution in [3.05, 3.63) is 93.8 Å². The van der Waals surface area contributed by atoms with E-state index in [1.54, 1.807) is 27.4 Å². The van der Waals surface area contributed by atoms with E-state index in [9.17, 15) is 9.59 Å². The average molecular weight is 487 g/mol. The Bertz CT molecular complexity index is 1440. The van der Waals surface area contributed by atoms with E-state index in [1.165, 1.54) is 4.57 Å². The summed E-state index contributed by atoms with van der Waals surface area (Å²) >= 11 is 0. The Morgan fingerprint density at radius 3 is 2.22 bits per heavy atom. The molecule has 0 saturated heterocycles. The molecule has 0 unspecified atom stereocenters. The predicted octanol–water partition coefficient (Wildman–Crippen LogP) is 4.76. The minimum absolute atomic E-state index is 0.129. The quantitative estimate of drug-likeness (QED) is 0.369. The van der Waals surface area contributed by atoms with Crippen molar-refractivity contribution in [2.24, 2.45) is 0 Å². The molecule has 0 bridgehead atoms. The van der Waals surface area contributed by atoms with E-state index in [-0.39, 0.29) is 18.0 Å². The summed E-state index contributed by atoms with van der Waals surface area (Å²) in [5.74, 6) is 1.55. The number of anilines is 1. The first-order valence-corrected chi connectivity index (χ1v) is 11.7. The number of aryl methyl sites for hydroxylation is 3. The standard InChI is InChI=1S/C29H30N2O5/c1-19-7-5-6-8-24(19)30-28(32)18-31-25-17-27(36-4)26(35-3)16-22(25)15-21(29(31)33)12-9-20-10-13-23(34-2)14-11-20/h5-8,10-11,13-17H,9,12,18H2,1-4H3,(H,30,32). The van der Waals surface area contributed by atoms with Gasteiger partial charge in [0, 0.05) is 22.7 Å². The number of hydrogen-bond acceptors (Lipinski definition) is 5. The van der Waals surface area contributed by atoms with Gasteiger partial charge in [-0.25, -0.2) is 0 Å². The Morgan fingerprint density at radius 2 is 1.56 bits per heavy atom. The molecule has 0 saturated carbocycles. The first kappa shape index (κ1) is 24.9. The van der Waals surface area contributed by atoms with Crippen LogP contribution in [0.4, 0.5) is 5.69 Å². The summed E-state index contributed by atoms with van der Waals surface area (Å²) in [6.07, 6.45) is 1.20. The molecule has 4 aromatic rings. The van der Waals surface area contributed by atoms with Gasteiger partial charge < -0.3 is 19.5 Å². The summed E-state index contributed by atoms with van der Waals surface area (Å²) in [4.78, 5) is 26.6. The van der Waals surface area contributed by atoms with Crippen molar-refractivity contribution >= 4 is 22.5 Å². The number of para-hydroxylation sites is 1. The lowest BCUT2D eigenvalue weighted by molar-refractivity contribution is -0.116. The van der Waals surface area contributed by atoms with E-state index in [4.69, 9.17) is 14.2 Å². The average Bonchev–Trinajstić information content (AvgIpc) is 2.90. The molecule has 0 aliphatic rings. The molecule has 186 valence electrons. The number of pyridine rings is 1. The van der Waals surface area contributed by atoms with Gasteiger partial charge in [-0.2, -0.15) is 0 Å². The maximum absolute atomic E-state index is 13.6. The van der Waals surface area contributed by atoms with Gasteiger partial charge >= 0.3 is 0 Å². The van der Waals surface area contributed by atoms with Crippen LogP contribution < -0.4 is 25.1 Å². The van der Waals surface area contributed by atoms with Gasteiger partial charge in [0.1, 0.15) is 12.3 Å². The molecule has 36 heavy (non-hydrogen) atoms. The Morgan fingerprint density at radius 1 is 0.861 bits per heavy atom. The molecule has 0 aliphatic heterocycles. The third-order valence-corrected chi connectivity index (χ3v) is 6.24. The summed E-state index contributed by atoms with van der Waals surface area (Å²) in [6.45, 7) is 1.80. The zero-order chi connectivity index (χ0) is 25.7. The van der Waals surface area contributed by atoms with Crippen LogP contribution in [0.25, 0.3) is 10.9 Å². The van der Waals surface area contributed by atoms with E-state index < -0.39 is 0 Å². The van der Waals surface area contributed by atoms with Gasteiger partial charge in [-0.3, -0.25) is 14.2 Å². The van der Waals surface area contributed by atoms with Crippen molar-refractivity contribution in [3.8, 4) is 17.2 Å². The fourth-order valence-electron chi connectivity index (χ4n) is 4.22. The molecule has 1 amide bonds. The number of ether oxygens (including phenoxy) is 3. The highest BCUT2D eigenvalue weighted by molar-refractivity contribution is 5.93. The van der Waals surface area contributed by atoms with E-state index in [1.807, 2.05) is 67.6 Å². The van der Waals surface area contributed by atoms with Crippen LogP contribution in [0, 0.1) is 6.92 Å². The van der Waals surface area contributed by atoms with Crippen molar-refractivity contribution in [2.45, 2.75) is 26.3 Å². The van der Waals surface area contributed by atoms with Crippen molar-refractivity contribution in [1.29, 1.82) is 0 Å². The van der Waals surface area contributed by atoms with E-state index in [2.05, 4.69) is 5.32 Å². The second-order valence-corrected chi connectivity index (χ2v) is 8.54. The zero-order valence-electron chi connectivity index (χ0n) is 21.0. The Labute approximate surface area is 210 Å². The minimum Gasteiger partial charge on any atom is -0.497 e. The molecule has 0 aliphatic carbocycles. The molecular weight excluding hydrogens is 456 g/mol. The van der Waals surface area contributed by atoms with Gasteiger partial charge in [-0.05, 0) is 61.2 Å². The number of nitrogens with zero attached hydrogens (tertiary/aromatic N) is 1. The second kappa shape index (κ2) is 11.0. The third kappa shape index (κ3) is 5.35. The summed E-state index contributed by atoms with van der Waals surface area (Å²) in [6, 6.07) is 20.8. The predicted molar refractivity (Wildman–Crippen MR) is 142 cm³/mol. The van der Waals surface area contributed by atoms with Crippen LogP contribution in [0.15, 0.2) is 71.5 Å². The lowest BCUT2D eigenvalue weighted by atomic mass is 10.0. The molecule has 0 spiro atoms. The molecule has 7 nitrogen and oxygen atoms in total. The second-order valence-electron chi connectivity index (χ2n) is 8.54. The number of nitrogens with one attached hydrogen (secondary N) is 1. The minimum atomic E-state index is -0.283. The summed E-state index contributed by atoms with van der Waals surface area (Å²) < 4.78 is 17.7. The smallest absolute Gasteiger partial charge is 0.254 e. The number of aromatic nitrogens is 1. The molecule has 1 heterocycles. The maximum atomic E-state index is 13.6. The van der Waals surface area contributed by atoms with Gasteiger partial charge in [0.2, 0.25) is 5.91 Å². The SMILES string of the molecule is COc1ccc(CCc2cc3cc(OC)c(OC)cc3n(CC(=O)Nc3ccccc3C)c2=O)cc1. The van der Waals surface area contributed by atoms with Crippen molar-refractivity contribution < 1.29 is 19.0 Å². The van der Waals surface area contributed by atoms with Crippen molar-refractivity contribution in [1.82, 2.24) is 4.57 Å². The number of hydrogen-bond donors (Lipinski definition) is 1. The molecule has 7 heteroatoms.